The van der Waals surface area contributed by atoms with Gasteiger partial charge >= 0.3 is 5.97 Å². The summed E-state index contributed by atoms with van der Waals surface area (Å²) in [4.78, 5) is 14.4. The molecule has 0 unspecified atom stereocenters. The number of benzene rings is 2. The number of esters is 1. The normalized spacial score (nSPS) is 10.8. The number of H-pyrrole nitrogens is 1. The van der Waals surface area contributed by atoms with Crippen molar-refractivity contribution < 1.29 is 14.6 Å². The van der Waals surface area contributed by atoms with Gasteiger partial charge in [-0.15, -0.1) is 0 Å². The van der Waals surface area contributed by atoms with Crippen molar-refractivity contribution >= 4 is 16.9 Å². The van der Waals surface area contributed by atoms with Crippen LogP contribution in [-0.4, -0.2) is 23.2 Å². The number of methoxy groups -OCH3 is 1. The minimum Gasteiger partial charge on any atom is -0.507 e. The molecule has 4 nitrogen and oxygen atoms in total. The average molecular weight is 295 g/mol. The SMILES string of the molecule is COC(=O)CCc1ccc(O)c(-c2ccc3[nH]ccc3c2)c1. The number of rotatable bonds is 4. The number of phenols is 1. The van der Waals surface area contributed by atoms with Gasteiger partial charge in [-0.2, -0.15) is 0 Å². The average Bonchev–Trinajstić information content (AvgIpc) is 3.01. The lowest BCUT2D eigenvalue weighted by Crippen LogP contribution is -2.01. The highest BCUT2D eigenvalue weighted by molar-refractivity contribution is 5.86. The maximum absolute atomic E-state index is 11.2. The molecule has 3 aromatic rings. The van der Waals surface area contributed by atoms with Crippen LogP contribution >= 0.6 is 0 Å². The molecule has 112 valence electrons. The van der Waals surface area contributed by atoms with E-state index in [9.17, 15) is 9.90 Å². The van der Waals surface area contributed by atoms with Gasteiger partial charge < -0.3 is 14.8 Å². The van der Waals surface area contributed by atoms with E-state index in [0.717, 1.165) is 27.6 Å². The Morgan fingerprint density at radius 1 is 1.18 bits per heavy atom. The van der Waals surface area contributed by atoms with Crippen LogP contribution in [0.15, 0.2) is 48.7 Å². The summed E-state index contributed by atoms with van der Waals surface area (Å²) in [7, 11) is 1.39. The van der Waals surface area contributed by atoms with E-state index in [1.54, 1.807) is 6.07 Å². The summed E-state index contributed by atoms with van der Waals surface area (Å²) >= 11 is 0. The van der Waals surface area contributed by atoms with Crippen LogP contribution in [0.3, 0.4) is 0 Å². The van der Waals surface area contributed by atoms with Crippen LogP contribution in [0.5, 0.6) is 5.75 Å². The molecule has 0 aliphatic carbocycles. The Morgan fingerprint density at radius 3 is 2.86 bits per heavy atom. The zero-order valence-electron chi connectivity index (χ0n) is 12.3. The lowest BCUT2D eigenvalue weighted by Gasteiger charge is -2.08. The van der Waals surface area contributed by atoms with E-state index in [4.69, 9.17) is 0 Å². The lowest BCUT2D eigenvalue weighted by atomic mass is 9.99. The first-order valence-corrected chi connectivity index (χ1v) is 7.13. The Labute approximate surface area is 128 Å². The second-order valence-electron chi connectivity index (χ2n) is 5.21. The summed E-state index contributed by atoms with van der Waals surface area (Å²) in [6, 6.07) is 13.4. The van der Waals surface area contributed by atoms with Crippen molar-refractivity contribution in [2.24, 2.45) is 0 Å². The minimum absolute atomic E-state index is 0.233. The molecule has 4 heteroatoms. The zero-order valence-corrected chi connectivity index (χ0v) is 12.3. The number of fused-ring (bicyclic) bond motifs is 1. The molecule has 0 spiro atoms. The molecule has 1 aromatic heterocycles. The molecule has 2 N–H and O–H groups in total. The molecule has 0 fully saturated rings. The van der Waals surface area contributed by atoms with Crippen LogP contribution in [0.25, 0.3) is 22.0 Å². The molecule has 0 aliphatic heterocycles. The highest BCUT2D eigenvalue weighted by Crippen LogP contribution is 2.32. The van der Waals surface area contributed by atoms with Crippen LogP contribution in [0.4, 0.5) is 0 Å². The van der Waals surface area contributed by atoms with Crippen LogP contribution in [0, 0.1) is 0 Å². The number of aromatic amines is 1. The van der Waals surface area contributed by atoms with E-state index in [2.05, 4.69) is 9.72 Å². The number of carbonyl (C=O) groups is 1. The lowest BCUT2D eigenvalue weighted by molar-refractivity contribution is -0.140. The number of aryl methyl sites for hydroxylation is 1. The topological polar surface area (TPSA) is 62.3 Å². The summed E-state index contributed by atoms with van der Waals surface area (Å²) in [6.45, 7) is 0. The number of carbonyl (C=O) groups excluding carboxylic acids is 1. The van der Waals surface area contributed by atoms with E-state index in [1.165, 1.54) is 7.11 Å². The number of aromatic hydroxyl groups is 1. The fraction of sp³-hybridized carbons (Fsp3) is 0.167. The predicted molar refractivity (Wildman–Crippen MR) is 85.7 cm³/mol. The monoisotopic (exact) mass is 295 g/mol. The van der Waals surface area contributed by atoms with Crippen molar-refractivity contribution in [3.05, 3.63) is 54.2 Å². The summed E-state index contributed by atoms with van der Waals surface area (Å²) in [5, 5.41) is 11.2. The first kappa shape index (κ1) is 14.2. The van der Waals surface area contributed by atoms with Crippen LogP contribution in [-0.2, 0) is 16.0 Å². The standard InChI is InChI=1S/C18H17NO3/c1-22-18(21)7-3-12-2-6-17(20)15(10-12)13-4-5-16-14(11-13)8-9-19-16/h2,4-6,8-11,19-20H,3,7H2,1H3. The van der Waals surface area contributed by atoms with Gasteiger partial charge in [0.15, 0.2) is 0 Å². The third-order valence-corrected chi connectivity index (χ3v) is 3.77. The molecule has 0 amide bonds. The molecule has 0 radical (unpaired) electrons. The maximum Gasteiger partial charge on any atom is 0.305 e. The molecule has 0 saturated carbocycles. The maximum atomic E-state index is 11.2. The van der Waals surface area contributed by atoms with Crippen molar-refractivity contribution in [2.45, 2.75) is 12.8 Å². The Balaban J connectivity index is 1.93. The molecule has 3 rings (SSSR count). The van der Waals surface area contributed by atoms with Crippen LogP contribution < -0.4 is 0 Å². The molecule has 0 bridgehead atoms. The van der Waals surface area contributed by atoms with Gasteiger partial charge in [0.2, 0.25) is 0 Å². The number of aromatic nitrogens is 1. The minimum atomic E-state index is -0.233. The fourth-order valence-electron chi connectivity index (χ4n) is 2.54. The summed E-state index contributed by atoms with van der Waals surface area (Å²) < 4.78 is 4.66. The number of ether oxygens (including phenoxy) is 1. The molecular weight excluding hydrogens is 278 g/mol. The third-order valence-electron chi connectivity index (χ3n) is 3.77. The number of hydrogen-bond donors (Lipinski definition) is 2. The Morgan fingerprint density at radius 2 is 2.05 bits per heavy atom. The molecule has 2 aromatic carbocycles. The van der Waals surface area contributed by atoms with E-state index in [-0.39, 0.29) is 11.7 Å². The summed E-state index contributed by atoms with van der Waals surface area (Å²) in [5.41, 5.74) is 3.77. The molecule has 22 heavy (non-hydrogen) atoms. The van der Waals surface area contributed by atoms with Gasteiger partial charge in [0.1, 0.15) is 5.75 Å². The predicted octanol–water partition coefficient (Wildman–Crippen LogP) is 3.65. The molecule has 1 heterocycles. The number of phenolic OH excluding ortho intramolecular Hbond substituents is 1. The molecule has 0 saturated heterocycles. The molecular formula is C18H17NO3. The second-order valence-corrected chi connectivity index (χ2v) is 5.21. The smallest absolute Gasteiger partial charge is 0.305 e. The first-order valence-electron chi connectivity index (χ1n) is 7.13. The highest BCUT2D eigenvalue weighted by Gasteiger charge is 2.08. The number of nitrogens with one attached hydrogen (secondary N) is 1. The van der Waals surface area contributed by atoms with Crippen molar-refractivity contribution in [1.29, 1.82) is 0 Å². The Kier molecular flexibility index (Phi) is 3.83. The van der Waals surface area contributed by atoms with Gasteiger partial charge in [0.25, 0.3) is 0 Å². The van der Waals surface area contributed by atoms with E-state index >= 15 is 0 Å². The van der Waals surface area contributed by atoms with Crippen molar-refractivity contribution in [3.63, 3.8) is 0 Å². The zero-order chi connectivity index (χ0) is 15.5. The molecule has 0 aliphatic rings. The van der Waals surface area contributed by atoms with Crippen molar-refractivity contribution in [1.82, 2.24) is 4.98 Å². The van der Waals surface area contributed by atoms with Gasteiger partial charge in [-0.25, -0.2) is 0 Å². The Hall–Kier alpha value is -2.75. The highest BCUT2D eigenvalue weighted by atomic mass is 16.5. The van der Waals surface area contributed by atoms with Crippen molar-refractivity contribution in [2.75, 3.05) is 7.11 Å². The van der Waals surface area contributed by atoms with Crippen molar-refractivity contribution in [3.8, 4) is 16.9 Å². The number of hydrogen-bond acceptors (Lipinski definition) is 3. The molecule has 0 atom stereocenters. The first-order chi connectivity index (χ1) is 10.7. The van der Waals surface area contributed by atoms with Gasteiger partial charge in [0, 0.05) is 23.7 Å². The largest absolute Gasteiger partial charge is 0.507 e. The van der Waals surface area contributed by atoms with E-state index in [1.807, 2.05) is 42.6 Å². The van der Waals surface area contributed by atoms with Gasteiger partial charge in [0.05, 0.1) is 7.11 Å². The third kappa shape index (κ3) is 2.81. The van der Waals surface area contributed by atoms with Gasteiger partial charge in [-0.1, -0.05) is 12.1 Å². The van der Waals surface area contributed by atoms with E-state index in [0.29, 0.717) is 12.8 Å². The van der Waals surface area contributed by atoms with Crippen LogP contribution in [0.1, 0.15) is 12.0 Å². The Bertz CT molecular complexity index is 820. The quantitative estimate of drug-likeness (QED) is 0.722. The second kappa shape index (κ2) is 5.93. The summed E-state index contributed by atoms with van der Waals surface area (Å²) in [5.74, 6) is 0.0000658. The van der Waals surface area contributed by atoms with Gasteiger partial charge in [-0.3, -0.25) is 4.79 Å². The summed E-state index contributed by atoms with van der Waals surface area (Å²) in [6.07, 6.45) is 2.81. The van der Waals surface area contributed by atoms with E-state index < -0.39 is 0 Å². The van der Waals surface area contributed by atoms with Crippen LogP contribution in [0.2, 0.25) is 0 Å². The van der Waals surface area contributed by atoms with Gasteiger partial charge in [-0.05, 0) is 53.3 Å². The fourth-order valence-corrected chi connectivity index (χ4v) is 2.54.